The van der Waals surface area contributed by atoms with Gasteiger partial charge in [0.25, 0.3) is 0 Å². The summed E-state index contributed by atoms with van der Waals surface area (Å²) in [5.41, 5.74) is 0.140. The van der Waals surface area contributed by atoms with Crippen molar-refractivity contribution in [2.24, 2.45) is 5.92 Å². The maximum Gasteiger partial charge on any atom is 0.0782 e. The number of rotatable bonds is 3. The van der Waals surface area contributed by atoms with Crippen molar-refractivity contribution in [2.75, 3.05) is 5.33 Å². The summed E-state index contributed by atoms with van der Waals surface area (Å²) in [5, 5.41) is 0.991. The Kier molecular flexibility index (Phi) is 4.24. The number of ether oxygens (including phenoxy) is 1. The normalized spacial score (nSPS) is 35.3. The summed E-state index contributed by atoms with van der Waals surface area (Å²) in [5.74, 6) is 0.892. The maximum absolute atomic E-state index is 6.03. The Balaban J connectivity index is 2.50. The van der Waals surface area contributed by atoms with Gasteiger partial charge >= 0.3 is 0 Å². The second-order valence-electron chi connectivity index (χ2n) is 4.67. The highest BCUT2D eigenvalue weighted by Gasteiger charge is 2.34. The van der Waals surface area contributed by atoms with E-state index in [1.807, 2.05) is 0 Å². The van der Waals surface area contributed by atoms with Crippen molar-refractivity contribution in [1.82, 2.24) is 0 Å². The lowest BCUT2D eigenvalue weighted by atomic mass is 9.80. The zero-order valence-corrected chi connectivity index (χ0v) is 10.6. The van der Waals surface area contributed by atoms with Gasteiger partial charge in [-0.1, -0.05) is 22.9 Å². The van der Waals surface area contributed by atoms with E-state index >= 15 is 0 Å². The van der Waals surface area contributed by atoms with E-state index < -0.39 is 0 Å². The zero-order valence-electron chi connectivity index (χ0n) is 8.98. The summed E-state index contributed by atoms with van der Waals surface area (Å²) in [6.07, 6.45) is 5.43. The maximum atomic E-state index is 6.03. The smallest absolute Gasteiger partial charge is 0.0782 e. The lowest BCUT2D eigenvalue weighted by molar-refractivity contribution is -0.0899. The molecule has 13 heavy (non-hydrogen) atoms. The molecule has 2 heteroatoms. The number of halogens is 1. The van der Waals surface area contributed by atoms with Crippen LogP contribution in [0.15, 0.2) is 0 Å². The van der Waals surface area contributed by atoms with Gasteiger partial charge in [-0.3, -0.25) is 0 Å². The minimum atomic E-state index is 0.140. The van der Waals surface area contributed by atoms with Crippen LogP contribution in [0.1, 0.15) is 46.5 Å². The first kappa shape index (κ1) is 11.5. The molecular weight excluding hydrogens is 228 g/mol. The van der Waals surface area contributed by atoms with Gasteiger partial charge in [0.05, 0.1) is 11.7 Å². The first-order valence-corrected chi connectivity index (χ1v) is 6.44. The highest BCUT2D eigenvalue weighted by atomic mass is 79.9. The van der Waals surface area contributed by atoms with Gasteiger partial charge in [-0.2, -0.15) is 0 Å². The van der Waals surface area contributed by atoms with Gasteiger partial charge in [0.2, 0.25) is 0 Å². The van der Waals surface area contributed by atoms with Gasteiger partial charge in [-0.15, -0.1) is 0 Å². The van der Waals surface area contributed by atoms with Crippen LogP contribution in [0, 0.1) is 5.92 Å². The zero-order chi connectivity index (χ0) is 9.90. The van der Waals surface area contributed by atoms with Gasteiger partial charge in [0.1, 0.15) is 0 Å². The predicted molar refractivity (Wildman–Crippen MR) is 60.4 cm³/mol. The molecule has 1 nitrogen and oxygen atoms in total. The molecule has 0 N–H and O–H groups in total. The summed E-state index contributed by atoms with van der Waals surface area (Å²) in [6, 6.07) is 0. The van der Waals surface area contributed by atoms with E-state index in [-0.39, 0.29) is 5.60 Å². The van der Waals surface area contributed by atoms with Crippen LogP contribution >= 0.6 is 15.9 Å². The van der Waals surface area contributed by atoms with E-state index in [0.717, 1.165) is 11.2 Å². The monoisotopic (exact) mass is 248 g/mol. The van der Waals surface area contributed by atoms with Crippen LogP contribution in [0.2, 0.25) is 0 Å². The molecule has 0 atom stereocenters. The van der Waals surface area contributed by atoms with Crippen molar-refractivity contribution in [1.29, 1.82) is 0 Å². The Hall–Kier alpha value is 0.440. The van der Waals surface area contributed by atoms with Gasteiger partial charge in [-0.05, 0) is 45.4 Å². The first-order valence-electron chi connectivity index (χ1n) is 5.32. The molecule has 0 bridgehead atoms. The molecule has 0 spiro atoms. The Morgan fingerprint density at radius 3 is 2.31 bits per heavy atom. The van der Waals surface area contributed by atoms with Crippen LogP contribution in [-0.4, -0.2) is 17.0 Å². The van der Waals surface area contributed by atoms with Gasteiger partial charge in [-0.25, -0.2) is 0 Å². The number of hydrogen-bond donors (Lipinski definition) is 0. The van der Waals surface area contributed by atoms with E-state index in [1.165, 1.54) is 25.7 Å². The molecule has 1 fully saturated rings. The predicted octanol–water partition coefficient (Wildman–Crippen LogP) is 3.76. The van der Waals surface area contributed by atoms with Crippen molar-refractivity contribution >= 4 is 15.9 Å². The largest absolute Gasteiger partial charge is 0.371 e. The number of alkyl halides is 1. The first-order chi connectivity index (χ1) is 6.08. The molecule has 1 aliphatic rings. The average Bonchev–Trinajstić information content (AvgIpc) is 2.09. The van der Waals surface area contributed by atoms with Crippen molar-refractivity contribution < 1.29 is 4.74 Å². The van der Waals surface area contributed by atoms with Crippen molar-refractivity contribution in [3.8, 4) is 0 Å². The molecule has 0 aromatic rings. The lowest BCUT2D eigenvalue weighted by Crippen LogP contribution is -2.40. The summed E-state index contributed by atoms with van der Waals surface area (Å²) >= 11 is 3.59. The minimum absolute atomic E-state index is 0.140. The van der Waals surface area contributed by atoms with E-state index in [2.05, 4.69) is 36.7 Å². The summed E-state index contributed by atoms with van der Waals surface area (Å²) in [6.45, 7) is 6.60. The molecule has 1 rings (SSSR count). The Morgan fingerprint density at radius 2 is 1.92 bits per heavy atom. The highest BCUT2D eigenvalue weighted by Crippen LogP contribution is 2.36. The van der Waals surface area contributed by atoms with Crippen LogP contribution in [0.4, 0.5) is 0 Å². The fourth-order valence-corrected chi connectivity index (χ4v) is 2.76. The number of hydrogen-bond acceptors (Lipinski definition) is 1. The summed E-state index contributed by atoms with van der Waals surface area (Å²) in [4.78, 5) is 0. The minimum Gasteiger partial charge on any atom is -0.371 e. The molecule has 0 unspecified atom stereocenters. The third kappa shape index (κ3) is 3.25. The third-order valence-corrected chi connectivity index (χ3v) is 3.94. The molecule has 0 amide bonds. The van der Waals surface area contributed by atoms with Crippen molar-refractivity contribution in [3.63, 3.8) is 0 Å². The molecule has 78 valence electrons. The Labute approximate surface area is 90.4 Å². The van der Waals surface area contributed by atoms with Crippen molar-refractivity contribution in [3.05, 3.63) is 0 Å². The van der Waals surface area contributed by atoms with E-state index in [9.17, 15) is 0 Å². The van der Waals surface area contributed by atoms with E-state index in [1.54, 1.807) is 0 Å². The molecule has 0 aromatic carbocycles. The molecule has 0 aliphatic heterocycles. The molecule has 1 saturated carbocycles. The standard InChI is InChI=1S/C11H21BrO/c1-9(2)13-11(8-12)6-4-10(3)5-7-11/h9-10H,4-8H2,1-3H3. The Bertz CT molecular complexity index is 148. The van der Waals surface area contributed by atoms with Crippen LogP contribution < -0.4 is 0 Å². The molecule has 0 heterocycles. The van der Waals surface area contributed by atoms with E-state index in [0.29, 0.717) is 6.10 Å². The molecular formula is C11H21BrO. The Morgan fingerprint density at radius 1 is 1.38 bits per heavy atom. The van der Waals surface area contributed by atoms with Crippen LogP contribution in [0.25, 0.3) is 0 Å². The topological polar surface area (TPSA) is 9.23 Å². The lowest BCUT2D eigenvalue weighted by Gasteiger charge is -2.39. The van der Waals surface area contributed by atoms with Gasteiger partial charge in [0, 0.05) is 5.33 Å². The van der Waals surface area contributed by atoms with E-state index in [4.69, 9.17) is 4.74 Å². The third-order valence-electron chi connectivity index (χ3n) is 2.91. The van der Waals surface area contributed by atoms with Gasteiger partial charge < -0.3 is 4.74 Å². The quantitative estimate of drug-likeness (QED) is 0.692. The molecule has 0 radical (unpaired) electrons. The van der Waals surface area contributed by atoms with Crippen molar-refractivity contribution in [2.45, 2.75) is 58.2 Å². The molecule has 0 aromatic heterocycles. The van der Waals surface area contributed by atoms with Crippen LogP contribution in [0.5, 0.6) is 0 Å². The second kappa shape index (κ2) is 4.79. The second-order valence-corrected chi connectivity index (χ2v) is 5.23. The fraction of sp³-hybridized carbons (Fsp3) is 1.00. The highest BCUT2D eigenvalue weighted by molar-refractivity contribution is 9.09. The fourth-order valence-electron chi connectivity index (χ4n) is 2.07. The SMILES string of the molecule is CC1CCC(CBr)(OC(C)C)CC1. The average molecular weight is 249 g/mol. The summed E-state index contributed by atoms with van der Waals surface area (Å²) < 4.78 is 6.03. The van der Waals surface area contributed by atoms with Gasteiger partial charge in [0.15, 0.2) is 0 Å². The molecule has 1 aliphatic carbocycles. The van der Waals surface area contributed by atoms with Crippen LogP contribution in [0.3, 0.4) is 0 Å². The van der Waals surface area contributed by atoms with Crippen LogP contribution in [-0.2, 0) is 4.74 Å². The molecule has 0 saturated heterocycles. The summed E-state index contributed by atoms with van der Waals surface area (Å²) in [7, 11) is 0.